The molecule has 140 valence electrons. The summed E-state index contributed by atoms with van der Waals surface area (Å²) in [7, 11) is 1.52. The van der Waals surface area contributed by atoms with Crippen molar-refractivity contribution in [1.82, 2.24) is 4.57 Å². The second kappa shape index (κ2) is 7.70. The summed E-state index contributed by atoms with van der Waals surface area (Å²) < 4.78 is 7.28. The minimum Gasteiger partial charge on any atom is -0.491 e. The van der Waals surface area contributed by atoms with Crippen LogP contribution in [0.15, 0.2) is 77.6 Å². The summed E-state index contributed by atoms with van der Waals surface area (Å²) in [5, 5.41) is 2.19. The summed E-state index contributed by atoms with van der Waals surface area (Å²) in [5.41, 5.74) is 3.12. The van der Waals surface area contributed by atoms with Gasteiger partial charge in [0.25, 0.3) is 5.56 Å². The number of rotatable bonds is 4. The Morgan fingerprint density at radius 3 is 2.29 bits per heavy atom. The molecule has 3 nitrogen and oxygen atoms in total. The van der Waals surface area contributed by atoms with Crippen LogP contribution in [0.1, 0.15) is 5.56 Å². The fraction of sp³-hybridized carbons (Fsp3) is 0.0870. The quantitative estimate of drug-likeness (QED) is 0.411. The molecule has 5 heteroatoms. The average Bonchev–Trinajstić information content (AvgIpc) is 2.72. The number of benzene rings is 3. The molecule has 0 atom stereocenters. The summed E-state index contributed by atoms with van der Waals surface area (Å²) in [6.45, 7) is 0.357. The molecule has 4 rings (SSSR count). The van der Waals surface area contributed by atoms with Crippen LogP contribution in [0, 0.1) is 0 Å². The van der Waals surface area contributed by atoms with Crippen molar-refractivity contribution in [2.45, 2.75) is 6.54 Å². The van der Waals surface area contributed by atoms with Gasteiger partial charge in [-0.25, -0.2) is 0 Å². The fourth-order valence-corrected chi connectivity index (χ4v) is 3.75. The third kappa shape index (κ3) is 3.28. The Kier molecular flexibility index (Phi) is 5.12. The first-order valence-electron chi connectivity index (χ1n) is 8.79. The van der Waals surface area contributed by atoms with Gasteiger partial charge in [-0.05, 0) is 35.4 Å². The molecule has 0 amide bonds. The first-order chi connectivity index (χ1) is 13.6. The highest BCUT2D eigenvalue weighted by Crippen LogP contribution is 2.35. The molecule has 0 fully saturated rings. The van der Waals surface area contributed by atoms with E-state index in [1.54, 1.807) is 16.7 Å². The number of fused-ring (bicyclic) bond motifs is 1. The molecule has 0 spiro atoms. The molecule has 1 heterocycles. The third-order valence-electron chi connectivity index (χ3n) is 4.75. The van der Waals surface area contributed by atoms with Gasteiger partial charge in [-0.2, -0.15) is 0 Å². The van der Waals surface area contributed by atoms with Crippen LogP contribution in [0.3, 0.4) is 0 Å². The summed E-state index contributed by atoms with van der Waals surface area (Å²) in [4.78, 5) is 13.4. The summed E-state index contributed by atoms with van der Waals surface area (Å²) in [6.07, 6.45) is 0. The van der Waals surface area contributed by atoms with Gasteiger partial charge >= 0.3 is 0 Å². The van der Waals surface area contributed by atoms with Crippen LogP contribution in [-0.2, 0) is 6.54 Å². The molecule has 0 aliphatic heterocycles. The van der Waals surface area contributed by atoms with Crippen molar-refractivity contribution in [2.24, 2.45) is 0 Å². The van der Waals surface area contributed by atoms with E-state index in [9.17, 15) is 4.79 Å². The highest BCUT2D eigenvalue weighted by atomic mass is 35.5. The summed E-state index contributed by atoms with van der Waals surface area (Å²) in [5.74, 6) is 0.299. The lowest BCUT2D eigenvalue weighted by Crippen LogP contribution is -2.23. The van der Waals surface area contributed by atoms with E-state index in [4.69, 9.17) is 27.9 Å². The zero-order valence-corrected chi connectivity index (χ0v) is 16.7. The number of ether oxygens (including phenoxy) is 1. The third-order valence-corrected chi connectivity index (χ3v) is 5.37. The number of hydrogen-bond acceptors (Lipinski definition) is 2. The maximum Gasteiger partial charge on any atom is 0.294 e. The Balaban J connectivity index is 2.02. The molecule has 0 unspecified atom stereocenters. The van der Waals surface area contributed by atoms with Crippen LogP contribution in [0.2, 0.25) is 10.0 Å². The molecule has 0 N–H and O–H groups in total. The smallest absolute Gasteiger partial charge is 0.294 e. The number of hydrogen-bond donors (Lipinski definition) is 0. The standard InChI is InChI=1S/C23H17Cl2NO2/c1-28-22-21(15-10-12-17(24)13-11-15)18-7-3-5-9-20(18)26(23(22)27)14-16-6-2-4-8-19(16)25/h2-13H,14H2,1H3. The van der Waals surface area contributed by atoms with Gasteiger partial charge < -0.3 is 9.30 Å². The van der Waals surface area contributed by atoms with Crippen molar-refractivity contribution < 1.29 is 4.74 Å². The Hall–Kier alpha value is -2.75. The summed E-state index contributed by atoms with van der Waals surface area (Å²) in [6, 6.07) is 22.7. The SMILES string of the molecule is COc1c(-c2ccc(Cl)cc2)c2ccccc2n(Cc2ccccc2Cl)c1=O. The Labute approximate surface area is 172 Å². The molecule has 0 aliphatic rings. The zero-order chi connectivity index (χ0) is 19.7. The lowest BCUT2D eigenvalue weighted by Gasteiger charge is -2.18. The first-order valence-corrected chi connectivity index (χ1v) is 9.54. The van der Waals surface area contributed by atoms with Gasteiger partial charge in [0.1, 0.15) is 0 Å². The number of halogens is 2. The first kappa shape index (κ1) is 18.6. The molecule has 1 aromatic heterocycles. The minimum absolute atomic E-state index is 0.203. The predicted octanol–water partition coefficient (Wildman–Crippen LogP) is 6.03. The molecule has 0 aliphatic carbocycles. The molecular weight excluding hydrogens is 393 g/mol. The van der Waals surface area contributed by atoms with E-state index in [0.29, 0.717) is 22.3 Å². The largest absolute Gasteiger partial charge is 0.491 e. The molecule has 0 bridgehead atoms. The highest BCUT2D eigenvalue weighted by Gasteiger charge is 2.19. The Bertz CT molecular complexity index is 1210. The van der Waals surface area contributed by atoms with Crippen LogP contribution < -0.4 is 10.3 Å². The van der Waals surface area contributed by atoms with Crippen molar-refractivity contribution in [3.05, 3.63) is 98.8 Å². The van der Waals surface area contributed by atoms with Crippen molar-refractivity contribution in [2.75, 3.05) is 7.11 Å². The van der Waals surface area contributed by atoms with Crippen molar-refractivity contribution in [3.63, 3.8) is 0 Å². The van der Waals surface area contributed by atoms with E-state index in [2.05, 4.69) is 0 Å². The second-order valence-electron chi connectivity index (χ2n) is 6.41. The van der Waals surface area contributed by atoms with E-state index in [1.165, 1.54) is 7.11 Å². The van der Waals surface area contributed by atoms with Crippen LogP contribution in [0.4, 0.5) is 0 Å². The van der Waals surface area contributed by atoms with Crippen molar-refractivity contribution in [3.8, 4) is 16.9 Å². The number of pyridine rings is 1. The lowest BCUT2D eigenvalue weighted by atomic mass is 9.99. The van der Waals surface area contributed by atoms with Crippen molar-refractivity contribution >= 4 is 34.1 Å². The topological polar surface area (TPSA) is 31.2 Å². The van der Waals surface area contributed by atoms with Crippen LogP contribution >= 0.6 is 23.2 Å². The summed E-state index contributed by atoms with van der Waals surface area (Å²) >= 11 is 12.4. The van der Waals surface area contributed by atoms with Crippen molar-refractivity contribution in [1.29, 1.82) is 0 Å². The van der Waals surface area contributed by atoms with E-state index in [0.717, 1.165) is 27.6 Å². The van der Waals surface area contributed by atoms with Gasteiger partial charge in [0.2, 0.25) is 0 Å². The van der Waals surface area contributed by atoms with E-state index >= 15 is 0 Å². The molecule has 3 aromatic carbocycles. The number of methoxy groups -OCH3 is 1. The second-order valence-corrected chi connectivity index (χ2v) is 7.26. The Morgan fingerprint density at radius 1 is 0.893 bits per heavy atom. The maximum atomic E-state index is 13.4. The van der Waals surface area contributed by atoms with Gasteiger partial charge in [-0.3, -0.25) is 4.79 Å². The molecule has 4 aromatic rings. The minimum atomic E-state index is -0.203. The fourth-order valence-electron chi connectivity index (χ4n) is 3.43. The van der Waals surface area contributed by atoms with E-state index in [-0.39, 0.29) is 5.56 Å². The molecule has 0 saturated carbocycles. The van der Waals surface area contributed by atoms with Gasteiger partial charge in [0.05, 0.1) is 19.2 Å². The molecule has 28 heavy (non-hydrogen) atoms. The normalized spacial score (nSPS) is 11.0. The Morgan fingerprint density at radius 2 is 1.57 bits per heavy atom. The zero-order valence-electron chi connectivity index (χ0n) is 15.2. The number of aromatic nitrogens is 1. The average molecular weight is 410 g/mol. The molecule has 0 saturated heterocycles. The predicted molar refractivity (Wildman–Crippen MR) is 116 cm³/mol. The number of nitrogens with zero attached hydrogens (tertiary/aromatic N) is 1. The van der Waals surface area contributed by atoms with Crippen LogP contribution in [0.25, 0.3) is 22.0 Å². The van der Waals surface area contributed by atoms with E-state index in [1.807, 2.05) is 60.7 Å². The lowest BCUT2D eigenvalue weighted by molar-refractivity contribution is 0.407. The van der Waals surface area contributed by atoms with Gasteiger partial charge in [0.15, 0.2) is 5.75 Å². The van der Waals surface area contributed by atoms with E-state index < -0.39 is 0 Å². The molecule has 0 radical (unpaired) electrons. The van der Waals surface area contributed by atoms with Crippen LogP contribution in [0.5, 0.6) is 5.75 Å². The monoisotopic (exact) mass is 409 g/mol. The van der Waals surface area contributed by atoms with Gasteiger partial charge in [0, 0.05) is 21.0 Å². The molecular formula is C23H17Cl2NO2. The highest BCUT2D eigenvalue weighted by molar-refractivity contribution is 6.31. The van der Waals surface area contributed by atoms with Gasteiger partial charge in [-0.1, -0.05) is 71.7 Å². The van der Waals surface area contributed by atoms with Crippen LogP contribution in [-0.4, -0.2) is 11.7 Å². The maximum absolute atomic E-state index is 13.4. The number of para-hydroxylation sites is 1. The van der Waals surface area contributed by atoms with Gasteiger partial charge in [-0.15, -0.1) is 0 Å².